The topological polar surface area (TPSA) is 198 Å². The number of hydrogen-bond donors (Lipinski definition) is 2. The summed E-state index contributed by atoms with van der Waals surface area (Å²) in [7, 11) is 6.82. The first-order valence-electron chi connectivity index (χ1n) is 23.1. The van der Waals surface area contributed by atoms with Gasteiger partial charge in [0.15, 0.2) is 17.2 Å². The van der Waals surface area contributed by atoms with Crippen LogP contribution in [0.25, 0.3) is 27.4 Å². The molecule has 0 aliphatic carbocycles. The zero-order valence-electron chi connectivity index (χ0n) is 39.1. The van der Waals surface area contributed by atoms with Gasteiger partial charge in [-0.3, -0.25) is 33.4 Å². The van der Waals surface area contributed by atoms with E-state index in [9.17, 15) is 24.3 Å². The molecule has 4 atom stereocenters. The lowest BCUT2D eigenvalue weighted by Crippen LogP contribution is -2.49. The van der Waals surface area contributed by atoms with Crippen LogP contribution in [-0.2, 0) is 27.5 Å². The molecular formula is C48H58FN13O6. The number of halogens is 1. The standard InChI is InChI=1S/C48H58FN13O6/c1-30(63)57-16-18-58(19-17-57)40-24-32(20-33-25-41(68-46(33)40)48(67)56(4)5)34-21-35(27-59(26-34)42(64)8-12-61-14-10-50-53-61)36-22-37(29-60(28-36)43(65)9-13-62-15-11-51-54-62)38-7-6-31-23-39(47(66)55(2)3)52-45(31)44(38)49/h6-7,10-11,14-15,20-21,23-25,35-37,47,52,66H,8-9,12-13,16-19,22,26-29H2,1-5H3/t35?,36?,37-,47?/m0/s1. The maximum Gasteiger partial charge on any atom is 0.289 e. The molecule has 6 aromatic rings. The number of hydrogen-bond acceptors (Lipinski definition) is 12. The number of nitrogens with zero attached hydrogens (tertiary/aromatic N) is 12. The first kappa shape index (κ1) is 46.2. The summed E-state index contributed by atoms with van der Waals surface area (Å²) in [5.74, 6) is -1.53. The molecule has 2 aromatic carbocycles. The second-order valence-corrected chi connectivity index (χ2v) is 18.7. The van der Waals surface area contributed by atoms with Crippen LogP contribution in [0.2, 0.25) is 0 Å². The summed E-state index contributed by atoms with van der Waals surface area (Å²) >= 11 is 0. The molecular weight excluding hydrogens is 874 g/mol. The molecule has 358 valence electrons. The van der Waals surface area contributed by atoms with Crippen molar-refractivity contribution in [1.29, 1.82) is 0 Å². The summed E-state index contributed by atoms with van der Waals surface area (Å²) in [6.07, 6.45) is 8.70. The number of nitrogens with one attached hydrogen (secondary N) is 1. The Morgan fingerprint density at radius 2 is 1.54 bits per heavy atom. The van der Waals surface area contributed by atoms with E-state index >= 15 is 4.39 Å². The van der Waals surface area contributed by atoms with Crippen LogP contribution in [-0.4, -0.2) is 169 Å². The zero-order valence-corrected chi connectivity index (χ0v) is 39.1. The minimum absolute atomic E-state index is 0.00869. The highest BCUT2D eigenvalue weighted by Crippen LogP contribution is 2.42. The fourth-order valence-corrected chi connectivity index (χ4v) is 9.95. The number of carbonyl (C=O) groups excluding carboxylic acids is 4. The van der Waals surface area contributed by atoms with Gasteiger partial charge < -0.3 is 39.0 Å². The average Bonchev–Trinajstić information content (AvgIpc) is 4.20. The van der Waals surface area contributed by atoms with Gasteiger partial charge >= 0.3 is 0 Å². The van der Waals surface area contributed by atoms with Crippen LogP contribution in [0.3, 0.4) is 0 Å². The number of benzene rings is 2. The maximum atomic E-state index is 16.9. The van der Waals surface area contributed by atoms with Gasteiger partial charge in [0.1, 0.15) is 6.23 Å². The lowest BCUT2D eigenvalue weighted by atomic mass is 9.75. The zero-order chi connectivity index (χ0) is 47.8. The molecule has 4 aromatic heterocycles. The summed E-state index contributed by atoms with van der Waals surface area (Å²) in [5, 5.41) is 28.1. The largest absolute Gasteiger partial charge is 0.449 e. The van der Waals surface area contributed by atoms with Crippen molar-refractivity contribution in [3.05, 3.63) is 95.7 Å². The first-order valence-corrected chi connectivity index (χ1v) is 23.1. The number of aromatic nitrogens is 7. The molecule has 2 saturated heterocycles. The maximum absolute atomic E-state index is 16.9. The summed E-state index contributed by atoms with van der Waals surface area (Å²) in [6, 6.07) is 11.2. The Bertz CT molecular complexity index is 2830. The van der Waals surface area contributed by atoms with Crippen LogP contribution in [0.15, 0.2) is 71.7 Å². The minimum Gasteiger partial charge on any atom is -0.449 e. The number of fused-ring (bicyclic) bond motifs is 2. The van der Waals surface area contributed by atoms with Crippen molar-refractivity contribution in [2.45, 2.75) is 51.4 Å². The Morgan fingerprint density at radius 3 is 2.18 bits per heavy atom. The molecule has 4 amide bonds. The highest BCUT2D eigenvalue weighted by Gasteiger charge is 2.39. The molecule has 0 radical (unpaired) electrons. The number of aliphatic hydroxyl groups excluding tert-OH is 1. The van der Waals surface area contributed by atoms with E-state index in [-0.39, 0.29) is 66.1 Å². The predicted molar refractivity (Wildman–Crippen MR) is 250 cm³/mol. The van der Waals surface area contributed by atoms with Crippen LogP contribution >= 0.6 is 0 Å². The second kappa shape index (κ2) is 19.4. The number of H-pyrrole nitrogens is 1. The lowest BCUT2D eigenvalue weighted by Gasteiger charge is -2.43. The molecule has 19 nitrogen and oxygen atoms in total. The summed E-state index contributed by atoms with van der Waals surface area (Å²) in [6.45, 7) is 5.74. The normalized spacial score (nSPS) is 19.5. The Morgan fingerprint density at radius 1 is 0.853 bits per heavy atom. The molecule has 2 N–H and O–H groups in total. The molecule has 3 aliphatic rings. The summed E-state index contributed by atoms with van der Waals surface area (Å²) in [5.41, 5.74) is 4.30. The quantitative estimate of drug-likeness (QED) is 0.159. The summed E-state index contributed by atoms with van der Waals surface area (Å²) < 4.78 is 26.5. The van der Waals surface area contributed by atoms with Crippen molar-refractivity contribution in [2.75, 3.05) is 85.4 Å². The molecule has 68 heavy (non-hydrogen) atoms. The second-order valence-electron chi connectivity index (χ2n) is 18.7. The van der Waals surface area contributed by atoms with Gasteiger partial charge in [-0.25, -0.2) is 4.39 Å². The van der Waals surface area contributed by atoms with E-state index in [1.54, 1.807) is 92.4 Å². The van der Waals surface area contributed by atoms with Crippen LogP contribution < -0.4 is 4.90 Å². The number of aryl methyl sites for hydroxylation is 2. The number of piperidine rings is 1. The number of rotatable bonds is 13. The number of piperazine rings is 1. The third-order valence-corrected chi connectivity index (χ3v) is 13.7. The number of amides is 4. The van der Waals surface area contributed by atoms with Crippen LogP contribution in [0, 0.1) is 17.7 Å². The van der Waals surface area contributed by atoms with Crippen molar-refractivity contribution in [1.82, 2.24) is 59.5 Å². The molecule has 3 unspecified atom stereocenters. The average molecular weight is 932 g/mol. The molecule has 0 bridgehead atoms. The fraction of sp³-hybridized carbons (Fsp3) is 0.458. The lowest BCUT2D eigenvalue weighted by molar-refractivity contribution is -0.135. The van der Waals surface area contributed by atoms with E-state index in [4.69, 9.17) is 4.42 Å². The number of anilines is 1. The number of aliphatic hydroxyl groups is 1. The van der Waals surface area contributed by atoms with Crippen molar-refractivity contribution in [3.8, 4) is 0 Å². The molecule has 2 fully saturated rings. The van der Waals surface area contributed by atoms with Crippen molar-refractivity contribution >= 4 is 56.8 Å². The minimum atomic E-state index is -0.957. The van der Waals surface area contributed by atoms with E-state index in [1.807, 2.05) is 26.8 Å². The number of aromatic amines is 1. The van der Waals surface area contributed by atoms with Gasteiger partial charge in [0.25, 0.3) is 5.91 Å². The van der Waals surface area contributed by atoms with Crippen molar-refractivity contribution in [2.24, 2.45) is 11.8 Å². The van der Waals surface area contributed by atoms with Gasteiger partial charge in [-0.1, -0.05) is 28.6 Å². The number of carbonyl (C=O) groups is 4. The molecule has 3 aliphatic heterocycles. The number of likely N-dealkylation sites (tertiary alicyclic amines) is 1. The molecule has 0 saturated carbocycles. The number of furan rings is 1. The Balaban J connectivity index is 1.11. The Labute approximate surface area is 392 Å². The highest BCUT2D eigenvalue weighted by molar-refractivity contribution is 6.00. The van der Waals surface area contributed by atoms with Crippen molar-refractivity contribution in [3.63, 3.8) is 0 Å². The SMILES string of the molecule is CC(=O)N1CCN(c2cc(C3=CC(C4C[C@H](c5ccc6cc(C(O)N(C)C)[nH]c6c5F)CN(C(=O)CCn5ccnn5)C4)CN(C(=O)CCn4ccnn4)C3)cc3cc(C(=O)N(C)C)oc23)CC1. The Hall–Kier alpha value is -6.93. The third-order valence-electron chi connectivity index (χ3n) is 13.7. The van der Waals surface area contributed by atoms with Gasteiger partial charge in [0.2, 0.25) is 17.7 Å². The van der Waals surface area contributed by atoms with E-state index in [0.717, 1.165) is 22.2 Å². The molecule has 20 heteroatoms. The smallest absolute Gasteiger partial charge is 0.289 e. The van der Waals surface area contributed by atoms with Crippen LogP contribution in [0.5, 0.6) is 0 Å². The van der Waals surface area contributed by atoms with E-state index in [1.165, 1.54) is 4.90 Å². The van der Waals surface area contributed by atoms with Crippen LogP contribution in [0.1, 0.15) is 65.7 Å². The van der Waals surface area contributed by atoms with E-state index < -0.39 is 18.0 Å². The molecule has 9 rings (SSSR count). The van der Waals surface area contributed by atoms with Crippen LogP contribution in [0.4, 0.5) is 10.1 Å². The predicted octanol–water partition coefficient (Wildman–Crippen LogP) is 3.81. The molecule has 0 spiro atoms. The van der Waals surface area contributed by atoms with Gasteiger partial charge in [0.05, 0.1) is 42.4 Å². The van der Waals surface area contributed by atoms with Crippen molar-refractivity contribution < 1.29 is 33.1 Å². The Kier molecular flexibility index (Phi) is 13.1. The van der Waals surface area contributed by atoms with Gasteiger partial charge in [-0.05, 0) is 73.3 Å². The van der Waals surface area contributed by atoms with Gasteiger partial charge in [-0.15, -0.1) is 10.2 Å². The van der Waals surface area contributed by atoms with E-state index in [0.29, 0.717) is 87.6 Å². The monoisotopic (exact) mass is 931 g/mol. The third kappa shape index (κ3) is 9.60. The fourth-order valence-electron chi connectivity index (χ4n) is 9.95. The first-order chi connectivity index (χ1) is 32.7. The highest BCUT2D eigenvalue weighted by atomic mass is 19.1. The summed E-state index contributed by atoms with van der Waals surface area (Å²) in [4.78, 5) is 68.1. The van der Waals surface area contributed by atoms with E-state index in [2.05, 4.69) is 42.7 Å². The van der Waals surface area contributed by atoms with Gasteiger partial charge in [0, 0.05) is 115 Å². The molecule has 7 heterocycles. The van der Waals surface area contributed by atoms with Gasteiger partial charge in [-0.2, -0.15) is 0 Å².